The second-order valence-electron chi connectivity index (χ2n) is 10.00. The fraction of sp³-hybridized carbons (Fsp3) is 0.182. The number of benzene rings is 4. The van der Waals surface area contributed by atoms with Gasteiger partial charge in [-0.1, -0.05) is 48.5 Å². The van der Waals surface area contributed by atoms with Crippen molar-refractivity contribution in [3.63, 3.8) is 0 Å². The van der Waals surface area contributed by atoms with E-state index in [0.717, 1.165) is 61.2 Å². The second kappa shape index (κ2) is 9.24. The number of aromatic nitrogens is 1. The number of nitrogens with zero attached hydrogens (tertiary/aromatic N) is 1. The summed E-state index contributed by atoms with van der Waals surface area (Å²) in [6.07, 6.45) is 4.16. The lowest BCUT2D eigenvalue weighted by atomic mass is 9.82. The van der Waals surface area contributed by atoms with Crippen molar-refractivity contribution in [3.8, 4) is 11.5 Å². The summed E-state index contributed by atoms with van der Waals surface area (Å²) in [4.78, 5) is 18.4. The van der Waals surface area contributed by atoms with Crippen LogP contribution in [-0.2, 0) is 10.3 Å². The number of nitrogens with one attached hydrogen (secondary N) is 1. The largest absolute Gasteiger partial charge is 0.497 e. The normalized spacial score (nSPS) is 16.1. The van der Waals surface area contributed by atoms with E-state index in [1.165, 1.54) is 7.11 Å². The molecule has 0 amide bonds. The number of H-pyrrole nitrogens is 1. The molecule has 1 aliphatic heterocycles. The van der Waals surface area contributed by atoms with E-state index in [1.807, 2.05) is 57.4 Å². The standard InChI is InChI=1S/C33H30N2O4/c1-20-28(32(36)38-5)29-27-18-19-33(22-12-16-24(37-4)17-13-22,21-10-14-23(15-11-21)35(2)3)39-31(27)26-9-7-6-8-25(26)30(29)34-20/h6-19,34H,1-5H3. The van der Waals surface area contributed by atoms with Gasteiger partial charge in [-0.3, -0.25) is 0 Å². The first-order chi connectivity index (χ1) is 18.9. The van der Waals surface area contributed by atoms with E-state index in [2.05, 4.69) is 58.4 Å². The summed E-state index contributed by atoms with van der Waals surface area (Å²) in [6, 6.07) is 24.5. The number of anilines is 1. The maximum Gasteiger partial charge on any atom is 0.340 e. The van der Waals surface area contributed by atoms with Crippen LogP contribution in [0, 0.1) is 6.92 Å². The third kappa shape index (κ3) is 3.75. The van der Waals surface area contributed by atoms with Crippen molar-refractivity contribution >= 4 is 39.4 Å². The summed E-state index contributed by atoms with van der Waals surface area (Å²) in [6.45, 7) is 1.90. The maximum absolute atomic E-state index is 12.9. The first-order valence-electron chi connectivity index (χ1n) is 12.8. The van der Waals surface area contributed by atoms with Gasteiger partial charge in [0, 0.05) is 58.3 Å². The highest BCUT2D eigenvalue weighted by molar-refractivity contribution is 6.19. The van der Waals surface area contributed by atoms with Crippen molar-refractivity contribution in [1.29, 1.82) is 0 Å². The molecule has 5 aromatic rings. The number of carbonyl (C=O) groups excluding carboxylic acids is 1. The summed E-state index contributed by atoms with van der Waals surface area (Å²) < 4.78 is 17.8. The van der Waals surface area contributed by atoms with Crippen molar-refractivity contribution in [2.75, 3.05) is 33.2 Å². The van der Waals surface area contributed by atoms with E-state index < -0.39 is 5.60 Å². The van der Waals surface area contributed by atoms with Crippen LogP contribution >= 0.6 is 0 Å². The van der Waals surface area contributed by atoms with Gasteiger partial charge in [0.25, 0.3) is 0 Å². The van der Waals surface area contributed by atoms with Crippen LogP contribution in [0.15, 0.2) is 78.9 Å². The van der Waals surface area contributed by atoms with Gasteiger partial charge >= 0.3 is 5.97 Å². The molecule has 0 spiro atoms. The SMILES string of the molecule is COC(=O)c1c(C)[nH]c2c1c1c(c3ccccc32)OC(c2ccc(OC)cc2)(c2ccc(N(C)C)cc2)C=C1. The minimum Gasteiger partial charge on any atom is -0.497 e. The molecule has 0 bridgehead atoms. The molecular formula is C33H30N2O4. The van der Waals surface area contributed by atoms with Crippen LogP contribution in [0.3, 0.4) is 0 Å². The third-order valence-electron chi connectivity index (χ3n) is 7.61. The predicted octanol–water partition coefficient (Wildman–Crippen LogP) is 6.84. The molecule has 6 rings (SSSR count). The van der Waals surface area contributed by atoms with Crippen LogP contribution in [0.1, 0.15) is 32.7 Å². The fourth-order valence-corrected chi connectivity index (χ4v) is 5.60. The monoisotopic (exact) mass is 518 g/mol. The molecule has 4 aromatic carbocycles. The summed E-state index contributed by atoms with van der Waals surface area (Å²) in [5, 5.41) is 2.74. The minimum absolute atomic E-state index is 0.379. The molecular weight excluding hydrogens is 488 g/mol. The van der Waals surface area contributed by atoms with Gasteiger partial charge in [0.05, 0.1) is 25.3 Å². The summed E-state index contributed by atoms with van der Waals surface area (Å²) in [5.74, 6) is 1.11. The Hall–Kier alpha value is -4.71. The zero-order chi connectivity index (χ0) is 27.3. The summed E-state index contributed by atoms with van der Waals surface area (Å²) >= 11 is 0. The molecule has 0 aliphatic carbocycles. The zero-order valence-electron chi connectivity index (χ0n) is 22.7. The Labute approximate surface area is 227 Å². The molecule has 0 radical (unpaired) electrons. The van der Waals surface area contributed by atoms with Gasteiger partial charge in [-0.15, -0.1) is 0 Å². The number of hydrogen-bond acceptors (Lipinski definition) is 5. The van der Waals surface area contributed by atoms with Gasteiger partial charge in [-0.05, 0) is 43.3 Å². The average molecular weight is 519 g/mol. The average Bonchev–Trinajstić information content (AvgIpc) is 3.33. The van der Waals surface area contributed by atoms with Crippen molar-refractivity contribution < 1.29 is 19.0 Å². The summed E-state index contributed by atoms with van der Waals surface area (Å²) in [7, 11) is 7.12. The number of aryl methyl sites for hydroxylation is 1. The quantitative estimate of drug-likeness (QED) is 0.258. The Bertz CT molecular complexity index is 1750. The molecule has 6 heteroatoms. The molecule has 1 aromatic heterocycles. The first-order valence-corrected chi connectivity index (χ1v) is 12.8. The van der Waals surface area contributed by atoms with Gasteiger partial charge in [-0.2, -0.15) is 0 Å². The van der Waals surface area contributed by atoms with Crippen LogP contribution in [-0.4, -0.2) is 39.3 Å². The van der Waals surface area contributed by atoms with Crippen LogP contribution in [0.4, 0.5) is 5.69 Å². The lowest BCUT2D eigenvalue weighted by molar-refractivity contribution is 0.0602. The molecule has 1 atom stereocenters. The van der Waals surface area contributed by atoms with Gasteiger partial charge in [0.15, 0.2) is 5.60 Å². The Morgan fingerprint density at radius 3 is 2.15 bits per heavy atom. The van der Waals surface area contributed by atoms with E-state index in [-0.39, 0.29) is 5.97 Å². The Kier molecular flexibility index (Phi) is 5.83. The number of hydrogen-bond donors (Lipinski definition) is 1. The number of esters is 1. The molecule has 39 heavy (non-hydrogen) atoms. The Morgan fingerprint density at radius 2 is 1.54 bits per heavy atom. The number of fused-ring (bicyclic) bond motifs is 6. The van der Waals surface area contributed by atoms with E-state index in [4.69, 9.17) is 14.2 Å². The topological polar surface area (TPSA) is 63.8 Å². The van der Waals surface area contributed by atoms with Crippen LogP contribution in [0.2, 0.25) is 0 Å². The van der Waals surface area contributed by atoms with Crippen molar-refractivity contribution in [3.05, 3.63) is 107 Å². The number of aromatic amines is 1. The van der Waals surface area contributed by atoms with Crippen LogP contribution in [0.25, 0.3) is 27.8 Å². The van der Waals surface area contributed by atoms with Crippen molar-refractivity contribution in [2.24, 2.45) is 0 Å². The third-order valence-corrected chi connectivity index (χ3v) is 7.61. The first kappa shape index (κ1) is 24.6. The lowest BCUT2D eigenvalue weighted by Crippen LogP contribution is -2.34. The van der Waals surface area contributed by atoms with Crippen molar-refractivity contribution in [2.45, 2.75) is 12.5 Å². The number of ether oxygens (including phenoxy) is 3. The van der Waals surface area contributed by atoms with Gasteiger partial charge in [0.1, 0.15) is 11.5 Å². The molecule has 196 valence electrons. The number of methoxy groups -OCH3 is 2. The highest BCUT2D eigenvalue weighted by atomic mass is 16.5. The number of carbonyl (C=O) groups is 1. The molecule has 6 nitrogen and oxygen atoms in total. The molecule has 1 unspecified atom stereocenters. The van der Waals surface area contributed by atoms with Crippen LogP contribution < -0.4 is 14.4 Å². The molecule has 0 saturated heterocycles. The molecule has 2 heterocycles. The van der Waals surface area contributed by atoms with E-state index in [0.29, 0.717) is 5.56 Å². The minimum atomic E-state index is -0.905. The molecule has 0 saturated carbocycles. The Morgan fingerprint density at radius 1 is 0.897 bits per heavy atom. The van der Waals surface area contributed by atoms with E-state index in [1.54, 1.807) is 7.11 Å². The van der Waals surface area contributed by atoms with E-state index >= 15 is 0 Å². The van der Waals surface area contributed by atoms with Gasteiger partial charge in [-0.25, -0.2) is 4.79 Å². The zero-order valence-corrected chi connectivity index (χ0v) is 22.7. The molecule has 1 N–H and O–H groups in total. The smallest absolute Gasteiger partial charge is 0.340 e. The van der Waals surface area contributed by atoms with Crippen LogP contribution in [0.5, 0.6) is 11.5 Å². The summed E-state index contributed by atoms with van der Waals surface area (Å²) in [5.41, 5.74) is 5.17. The lowest BCUT2D eigenvalue weighted by Gasteiger charge is -2.37. The highest BCUT2D eigenvalue weighted by Crippen LogP contribution is 2.49. The maximum atomic E-state index is 12.9. The Balaban J connectivity index is 1.66. The molecule has 0 fully saturated rings. The predicted molar refractivity (Wildman–Crippen MR) is 156 cm³/mol. The fourth-order valence-electron chi connectivity index (χ4n) is 5.60. The molecule has 1 aliphatic rings. The van der Waals surface area contributed by atoms with Crippen molar-refractivity contribution in [1.82, 2.24) is 4.98 Å². The second-order valence-corrected chi connectivity index (χ2v) is 10.00. The van der Waals surface area contributed by atoms with E-state index in [9.17, 15) is 4.79 Å². The van der Waals surface area contributed by atoms with Gasteiger partial charge in [0.2, 0.25) is 0 Å². The number of rotatable bonds is 5. The van der Waals surface area contributed by atoms with Gasteiger partial charge < -0.3 is 24.1 Å². The highest BCUT2D eigenvalue weighted by Gasteiger charge is 2.39.